The summed E-state index contributed by atoms with van der Waals surface area (Å²) in [7, 11) is 0. The molecule has 2 rings (SSSR count). The number of hydrogen-bond donors (Lipinski definition) is 3. The quantitative estimate of drug-likeness (QED) is 0.355. The number of carbonyl (C=O) groups excluding carboxylic acids is 1. The van der Waals surface area contributed by atoms with Crippen molar-refractivity contribution in [3.8, 4) is 16.9 Å². The number of guanidine groups is 1. The van der Waals surface area contributed by atoms with E-state index >= 15 is 0 Å². The molecule has 0 aliphatic rings. The molecule has 2 aromatic rings. The fourth-order valence-electron chi connectivity index (χ4n) is 2.27. The Labute approximate surface area is 174 Å². The summed E-state index contributed by atoms with van der Waals surface area (Å²) in [6.07, 6.45) is -2.71. The molecule has 4 N–H and O–H groups in total. The van der Waals surface area contributed by atoms with Crippen molar-refractivity contribution < 1.29 is 22.7 Å². The smallest absolute Gasteiger partial charge is 0.272 e. The van der Waals surface area contributed by atoms with E-state index in [2.05, 4.69) is 15.8 Å². The standard InChI is InChI=1S/C18H17Cl2F3N4O2/c1-9(28)26-27-18(24)25-7-11-3-2-10(4-15(11)21)13-5-12(19)6-14(20)17(13)29-8-16(22)23/h2-6,16H,7-8H2,1H3,(H,26,28)(H3,24,25,27). The molecule has 0 unspecified atom stereocenters. The Kier molecular flexibility index (Phi) is 7.98. The third-order valence-electron chi connectivity index (χ3n) is 3.51. The van der Waals surface area contributed by atoms with Gasteiger partial charge in [-0.2, -0.15) is 0 Å². The maximum absolute atomic E-state index is 14.5. The first-order chi connectivity index (χ1) is 13.7. The zero-order valence-electron chi connectivity index (χ0n) is 15.1. The van der Waals surface area contributed by atoms with Gasteiger partial charge in [0.25, 0.3) is 6.43 Å². The lowest BCUT2D eigenvalue weighted by Crippen LogP contribution is -2.44. The van der Waals surface area contributed by atoms with E-state index in [1.54, 1.807) is 6.07 Å². The molecule has 156 valence electrons. The van der Waals surface area contributed by atoms with Crippen LogP contribution in [0.3, 0.4) is 0 Å². The first kappa shape index (κ1) is 22.6. The van der Waals surface area contributed by atoms with E-state index < -0.39 is 18.8 Å². The van der Waals surface area contributed by atoms with Gasteiger partial charge < -0.3 is 10.5 Å². The van der Waals surface area contributed by atoms with Crippen LogP contribution in [0.15, 0.2) is 35.3 Å². The minimum atomic E-state index is -2.71. The van der Waals surface area contributed by atoms with Crippen LogP contribution in [0.4, 0.5) is 13.2 Å². The molecule has 0 fully saturated rings. The van der Waals surface area contributed by atoms with Gasteiger partial charge in [-0.05, 0) is 23.8 Å². The molecule has 0 bridgehead atoms. The Morgan fingerprint density at radius 1 is 1.24 bits per heavy atom. The SMILES string of the molecule is CC(=O)NNC(N)=NCc1ccc(-c2cc(Cl)cc(Cl)c2OCC(F)F)cc1F. The van der Waals surface area contributed by atoms with Crippen LogP contribution in [0.1, 0.15) is 12.5 Å². The third kappa shape index (κ3) is 6.72. The van der Waals surface area contributed by atoms with E-state index in [-0.39, 0.29) is 45.3 Å². The van der Waals surface area contributed by atoms with Crippen molar-refractivity contribution >= 4 is 35.1 Å². The summed E-state index contributed by atoms with van der Waals surface area (Å²) in [4.78, 5) is 14.7. The highest BCUT2D eigenvalue weighted by atomic mass is 35.5. The zero-order chi connectivity index (χ0) is 21.6. The van der Waals surface area contributed by atoms with Crippen molar-refractivity contribution in [2.45, 2.75) is 19.9 Å². The van der Waals surface area contributed by atoms with E-state index in [9.17, 15) is 18.0 Å². The summed E-state index contributed by atoms with van der Waals surface area (Å²) in [5.74, 6) is -1.11. The van der Waals surface area contributed by atoms with Gasteiger partial charge in [-0.15, -0.1) is 0 Å². The van der Waals surface area contributed by atoms with Crippen LogP contribution in [0, 0.1) is 5.82 Å². The van der Waals surface area contributed by atoms with Gasteiger partial charge in [-0.25, -0.2) is 18.2 Å². The normalized spacial score (nSPS) is 11.5. The first-order valence-corrected chi connectivity index (χ1v) is 8.94. The summed E-state index contributed by atoms with van der Waals surface area (Å²) >= 11 is 12.1. The molecule has 29 heavy (non-hydrogen) atoms. The number of hydrogen-bond acceptors (Lipinski definition) is 3. The van der Waals surface area contributed by atoms with Crippen LogP contribution in [-0.4, -0.2) is 24.9 Å². The maximum Gasteiger partial charge on any atom is 0.272 e. The molecule has 0 radical (unpaired) electrons. The molecular formula is C18H17Cl2F3N4O2. The van der Waals surface area contributed by atoms with Gasteiger partial charge >= 0.3 is 0 Å². The highest BCUT2D eigenvalue weighted by Crippen LogP contribution is 2.39. The van der Waals surface area contributed by atoms with Crippen LogP contribution in [-0.2, 0) is 11.3 Å². The predicted octanol–water partition coefficient (Wildman–Crippen LogP) is 3.90. The number of amides is 1. The van der Waals surface area contributed by atoms with E-state index in [0.717, 1.165) is 0 Å². The average Bonchev–Trinajstić information content (AvgIpc) is 2.63. The van der Waals surface area contributed by atoms with Gasteiger partial charge in [0.2, 0.25) is 11.9 Å². The fraction of sp³-hybridized carbons (Fsp3) is 0.222. The molecule has 11 heteroatoms. The van der Waals surface area contributed by atoms with Gasteiger partial charge in [0.05, 0.1) is 11.6 Å². The summed E-state index contributed by atoms with van der Waals surface area (Å²) < 4.78 is 44.7. The van der Waals surface area contributed by atoms with E-state index in [1.165, 1.54) is 31.2 Å². The van der Waals surface area contributed by atoms with Crippen LogP contribution >= 0.6 is 23.2 Å². The Morgan fingerprint density at radius 2 is 1.97 bits per heavy atom. The predicted molar refractivity (Wildman–Crippen MR) is 106 cm³/mol. The number of alkyl halides is 2. The van der Waals surface area contributed by atoms with Crippen LogP contribution in [0.25, 0.3) is 11.1 Å². The first-order valence-electron chi connectivity index (χ1n) is 8.18. The van der Waals surface area contributed by atoms with Crippen molar-refractivity contribution in [1.82, 2.24) is 10.9 Å². The molecule has 2 aromatic carbocycles. The van der Waals surface area contributed by atoms with Crippen molar-refractivity contribution in [2.75, 3.05) is 6.61 Å². The third-order valence-corrected chi connectivity index (χ3v) is 4.01. The van der Waals surface area contributed by atoms with Crippen LogP contribution < -0.4 is 21.3 Å². The summed E-state index contributed by atoms with van der Waals surface area (Å²) in [6, 6.07) is 6.96. The number of hydrazine groups is 1. The lowest BCUT2D eigenvalue weighted by molar-refractivity contribution is -0.119. The number of nitrogens with two attached hydrogens (primary N) is 1. The minimum Gasteiger partial charge on any atom is -0.485 e. The van der Waals surface area contributed by atoms with Gasteiger partial charge in [-0.3, -0.25) is 15.6 Å². The number of nitrogens with one attached hydrogen (secondary N) is 2. The number of halogens is 5. The monoisotopic (exact) mass is 448 g/mol. The van der Waals surface area contributed by atoms with E-state index in [1.807, 2.05) is 0 Å². The summed E-state index contributed by atoms with van der Waals surface area (Å²) in [5.41, 5.74) is 10.9. The number of rotatable bonds is 6. The topological polar surface area (TPSA) is 88.7 Å². The molecule has 0 saturated heterocycles. The summed E-state index contributed by atoms with van der Waals surface area (Å²) in [5, 5.41) is 0.263. The van der Waals surface area contributed by atoms with Gasteiger partial charge in [0.15, 0.2) is 0 Å². The fourth-order valence-corrected chi connectivity index (χ4v) is 2.82. The maximum atomic E-state index is 14.5. The molecule has 0 aliphatic heterocycles. The molecule has 6 nitrogen and oxygen atoms in total. The molecule has 0 aliphatic carbocycles. The summed E-state index contributed by atoms with van der Waals surface area (Å²) in [6.45, 7) is 0.305. The van der Waals surface area contributed by atoms with Crippen molar-refractivity contribution in [3.63, 3.8) is 0 Å². The van der Waals surface area contributed by atoms with Crippen LogP contribution in [0.5, 0.6) is 5.75 Å². The second kappa shape index (κ2) is 10.2. The van der Waals surface area contributed by atoms with E-state index in [4.69, 9.17) is 33.7 Å². The number of aliphatic imine (C=N–C) groups is 1. The second-order valence-corrected chi connectivity index (χ2v) is 6.62. The lowest BCUT2D eigenvalue weighted by Gasteiger charge is -2.14. The molecule has 1 amide bonds. The molecule has 0 aromatic heterocycles. The number of carbonyl (C=O) groups is 1. The van der Waals surface area contributed by atoms with Gasteiger partial charge in [0.1, 0.15) is 18.2 Å². The molecule has 0 spiro atoms. The highest BCUT2D eigenvalue weighted by molar-refractivity contribution is 6.36. The number of nitrogens with zero attached hydrogens (tertiary/aromatic N) is 1. The molecule has 0 saturated carbocycles. The van der Waals surface area contributed by atoms with Gasteiger partial charge in [0, 0.05) is 23.1 Å². The van der Waals surface area contributed by atoms with Gasteiger partial charge in [-0.1, -0.05) is 35.3 Å². The Morgan fingerprint density at radius 3 is 2.59 bits per heavy atom. The molecule has 0 heterocycles. The number of benzene rings is 2. The van der Waals surface area contributed by atoms with Crippen LogP contribution in [0.2, 0.25) is 10.0 Å². The largest absolute Gasteiger partial charge is 0.485 e. The Balaban J connectivity index is 2.28. The number of ether oxygens (including phenoxy) is 1. The zero-order valence-corrected chi connectivity index (χ0v) is 16.6. The molecule has 0 atom stereocenters. The lowest BCUT2D eigenvalue weighted by atomic mass is 10.0. The minimum absolute atomic E-state index is 0.0229. The highest BCUT2D eigenvalue weighted by Gasteiger charge is 2.16. The Bertz CT molecular complexity index is 926. The van der Waals surface area contributed by atoms with Crippen molar-refractivity contribution in [2.24, 2.45) is 10.7 Å². The average molecular weight is 449 g/mol. The second-order valence-electron chi connectivity index (χ2n) is 5.78. The van der Waals surface area contributed by atoms with Crippen molar-refractivity contribution in [3.05, 3.63) is 51.8 Å². The molecular weight excluding hydrogens is 432 g/mol. The van der Waals surface area contributed by atoms with E-state index in [0.29, 0.717) is 5.56 Å². The Hall–Kier alpha value is -2.65. The van der Waals surface area contributed by atoms with Crippen molar-refractivity contribution in [1.29, 1.82) is 0 Å².